The number of nitrogens with one attached hydrogen (secondary N) is 2. The Morgan fingerprint density at radius 2 is 2.20 bits per heavy atom. The molecule has 0 spiro atoms. The van der Waals surface area contributed by atoms with E-state index in [9.17, 15) is 13.9 Å². The number of allylic oxidation sites excluding steroid dienone is 3. The third-order valence-electron chi connectivity index (χ3n) is 5.06. The number of hydrogen-bond donors (Lipinski definition) is 4. The summed E-state index contributed by atoms with van der Waals surface area (Å²) in [6.45, 7) is 9.38. The molecule has 0 saturated carbocycles. The van der Waals surface area contributed by atoms with Crippen LogP contribution in [0.1, 0.15) is 52.9 Å². The van der Waals surface area contributed by atoms with E-state index in [0.29, 0.717) is 13.0 Å². The van der Waals surface area contributed by atoms with Gasteiger partial charge in [-0.05, 0) is 70.1 Å². The van der Waals surface area contributed by atoms with Gasteiger partial charge in [0.2, 0.25) is 0 Å². The topological polar surface area (TPSA) is 92.1 Å². The van der Waals surface area contributed by atoms with Gasteiger partial charge in [-0.25, -0.2) is 8.78 Å². The highest BCUT2D eigenvalue weighted by atomic mass is 19.1. The van der Waals surface area contributed by atoms with Crippen molar-refractivity contribution in [3.8, 4) is 0 Å². The lowest BCUT2D eigenvalue weighted by molar-refractivity contribution is 0.00793. The van der Waals surface area contributed by atoms with E-state index in [4.69, 9.17) is 15.2 Å². The molecular formula is C22H37F2N3O3. The van der Waals surface area contributed by atoms with Crippen LogP contribution >= 0.6 is 0 Å². The number of halogens is 2. The number of ether oxygens (including phenoxy) is 2. The second kappa shape index (κ2) is 12.0. The Labute approximate surface area is 178 Å². The molecule has 1 heterocycles. The number of alkyl halides is 1. The molecule has 6 nitrogen and oxygen atoms in total. The van der Waals surface area contributed by atoms with E-state index < -0.39 is 18.2 Å². The fourth-order valence-electron chi connectivity index (χ4n) is 3.40. The maximum Gasteiger partial charge on any atom is 0.199 e. The van der Waals surface area contributed by atoms with Crippen molar-refractivity contribution in [2.45, 2.75) is 96.0 Å². The maximum atomic E-state index is 14.3. The molecule has 172 valence electrons. The van der Waals surface area contributed by atoms with Crippen LogP contribution in [0.25, 0.3) is 0 Å². The second-order valence-electron chi connectivity index (χ2n) is 8.48. The first-order valence-corrected chi connectivity index (χ1v) is 10.8. The Bertz CT molecular complexity index is 625. The summed E-state index contributed by atoms with van der Waals surface area (Å²) in [6, 6.07) is -0.209. The molecule has 2 aliphatic rings. The van der Waals surface area contributed by atoms with Crippen LogP contribution in [-0.4, -0.2) is 54.8 Å². The van der Waals surface area contributed by atoms with E-state index in [1.807, 2.05) is 19.9 Å². The summed E-state index contributed by atoms with van der Waals surface area (Å²) in [5, 5.41) is 16.8. The van der Waals surface area contributed by atoms with E-state index >= 15 is 0 Å². The zero-order chi connectivity index (χ0) is 22.3. The third kappa shape index (κ3) is 8.91. The zero-order valence-electron chi connectivity index (χ0n) is 18.2. The average Bonchev–Trinajstić information content (AvgIpc) is 3.39. The van der Waals surface area contributed by atoms with Crippen molar-refractivity contribution < 1.29 is 23.4 Å². The van der Waals surface area contributed by atoms with Crippen LogP contribution in [0.15, 0.2) is 35.7 Å². The molecule has 2 unspecified atom stereocenters. The van der Waals surface area contributed by atoms with Gasteiger partial charge in [-0.2, -0.15) is 0 Å². The summed E-state index contributed by atoms with van der Waals surface area (Å²) in [5.74, 6) is -0.514. The lowest BCUT2D eigenvalue weighted by Crippen LogP contribution is -2.45. The quantitative estimate of drug-likeness (QED) is 0.156. The zero-order valence-corrected chi connectivity index (χ0v) is 18.2. The van der Waals surface area contributed by atoms with Gasteiger partial charge in [0, 0.05) is 18.6 Å². The minimum absolute atomic E-state index is 0.00433. The van der Waals surface area contributed by atoms with Crippen LogP contribution in [0, 0.1) is 0 Å². The molecule has 1 fully saturated rings. The second-order valence-corrected chi connectivity index (χ2v) is 8.48. The largest absolute Gasteiger partial charge is 0.375 e. The number of aliphatic hydroxyl groups excluding tert-OH is 1. The molecule has 1 saturated heterocycles. The van der Waals surface area contributed by atoms with Gasteiger partial charge in [-0.3, -0.25) is 10.6 Å². The van der Waals surface area contributed by atoms with Crippen LogP contribution in [0.4, 0.5) is 8.78 Å². The standard InChI is InChI=1S/C22H37F2N3O3/c1-13(2)29-22-21(30-22)27-18(10-14(3)19(24)9-8-15(4)23)12-26-20(28)16-6-5-7-17(25)11-16/h6,9,13,15,17-18,20-22,26-28H,3,5,7-8,10-12,25H2,1-2,4H3/b19-9+/t15-,17?,18+,20?,21+,22-/m1/s1. The molecule has 0 aromatic heterocycles. The first kappa shape index (κ1) is 25.1. The van der Waals surface area contributed by atoms with E-state index in [0.717, 1.165) is 18.4 Å². The molecule has 0 radical (unpaired) electrons. The summed E-state index contributed by atoms with van der Waals surface area (Å²) in [7, 11) is 0. The minimum atomic E-state index is -1.11. The lowest BCUT2D eigenvalue weighted by Gasteiger charge is -2.26. The molecule has 1 aliphatic carbocycles. The van der Waals surface area contributed by atoms with Gasteiger partial charge in [0.05, 0.1) is 6.10 Å². The van der Waals surface area contributed by atoms with E-state index in [1.54, 1.807) is 0 Å². The van der Waals surface area contributed by atoms with Crippen molar-refractivity contribution >= 4 is 0 Å². The van der Waals surface area contributed by atoms with Crippen LogP contribution in [0.5, 0.6) is 0 Å². The summed E-state index contributed by atoms with van der Waals surface area (Å²) < 4.78 is 38.3. The van der Waals surface area contributed by atoms with Crippen molar-refractivity contribution in [2.24, 2.45) is 5.73 Å². The van der Waals surface area contributed by atoms with Gasteiger partial charge < -0.3 is 20.3 Å². The van der Waals surface area contributed by atoms with Gasteiger partial charge in [0.25, 0.3) is 0 Å². The Hall–Kier alpha value is -1.16. The Morgan fingerprint density at radius 3 is 2.83 bits per heavy atom. The first-order chi connectivity index (χ1) is 14.2. The van der Waals surface area contributed by atoms with Crippen molar-refractivity contribution in [3.05, 3.63) is 35.7 Å². The molecule has 30 heavy (non-hydrogen) atoms. The van der Waals surface area contributed by atoms with E-state index in [-0.39, 0.29) is 49.1 Å². The average molecular weight is 430 g/mol. The van der Waals surface area contributed by atoms with Crippen LogP contribution in [0.2, 0.25) is 0 Å². The number of hydrogen-bond acceptors (Lipinski definition) is 6. The molecule has 6 atom stereocenters. The van der Waals surface area contributed by atoms with Crippen molar-refractivity contribution in [3.63, 3.8) is 0 Å². The monoisotopic (exact) mass is 429 g/mol. The van der Waals surface area contributed by atoms with Gasteiger partial charge >= 0.3 is 0 Å². The summed E-state index contributed by atoms with van der Waals surface area (Å²) in [4.78, 5) is 0. The third-order valence-corrected chi connectivity index (χ3v) is 5.06. The smallest absolute Gasteiger partial charge is 0.199 e. The predicted octanol–water partition coefficient (Wildman–Crippen LogP) is 2.95. The lowest BCUT2D eigenvalue weighted by atomic mass is 9.94. The van der Waals surface area contributed by atoms with Gasteiger partial charge in [-0.15, -0.1) is 0 Å². The predicted molar refractivity (Wildman–Crippen MR) is 114 cm³/mol. The fraction of sp³-hybridized carbons (Fsp3) is 0.727. The highest BCUT2D eigenvalue weighted by Crippen LogP contribution is 2.25. The van der Waals surface area contributed by atoms with Crippen molar-refractivity contribution in [1.29, 1.82) is 0 Å². The number of nitrogens with two attached hydrogens (primary N) is 1. The fourth-order valence-corrected chi connectivity index (χ4v) is 3.40. The minimum Gasteiger partial charge on any atom is -0.375 e. The summed E-state index contributed by atoms with van der Waals surface area (Å²) in [6.07, 6.45) is 3.37. The van der Waals surface area contributed by atoms with Crippen LogP contribution < -0.4 is 16.4 Å². The van der Waals surface area contributed by atoms with Gasteiger partial charge in [-0.1, -0.05) is 12.7 Å². The Morgan fingerprint density at radius 1 is 1.47 bits per heavy atom. The highest BCUT2D eigenvalue weighted by molar-refractivity contribution is 5.23. The first-order valence-electron chi connectivity index (χ1n) is 10.8. The molecule has 0 bridgehead atoms. The SMILES string of the molecule is C=C(C[C@@H](CNC(O)C1=CCCC(N)C1)N[C@H]1O[C@H]1OC(C)C)/C(F)=C\C[C@@H](C)F. The number of aliphatic hydroxyl groups is 1. The van der Waals surface area contributed by atoms with Crippen molar-refractivity contribution in [1.82, 2.24) is 10.6 Å². The molecule has 8 heteroatoms. The van der Waals surface area contributed by atoms with E-state index in [2.05, 4.69) is 17.2 Å². The molecule has 1 aliphatic heterocycles. The molecule has 0 aromatic carbocycles. The number of rotatable bonds is 13. The molecule has 0 amide bonds. The van der Waals surface area contributed by atoms with Crippen LogP contribution in [-0.2, 0) is 9.47 Å². The normalized spacial score (nSPS) is 27.5. The number of epoxide rings is 1. The molecule has 2 rings (SSSR count). The Kier molecular flexibility index (Phi) is 10.1. The summed E-state index contributed by atoms with van der Waals surface area (Å²) in [5.41, 5.74) is 7.13. The van der Waals surface area contributed by atoms with E-state index in [1.165, 1.54) is 13.0 Å². The van der Waals surface area contributed by atoms with Gasteiger partial charge in [0.1, 0.15) is 18.2 Å². The van der Waals surface area contributed by atoms with Crippen molar-refractivity contribution in [2.75, 3.05) is 6.54 Å². The molecular weight excluding hydrogens is 392 g/mol. The maximum absolute atomic E-state index is 14.3. The highest BCUT2D eigenvalue weighted by Gasteiger charge is 2.42. The Balaban J connectivity index is 1.92. The van der Waals surface area contributed by atoms with Gasteiger partial charge in [0.15, 0.2) is 12.5 Å². The molecule has 0 aromatic rings. The van der Waals surface area contributed by atoms with Crippen LogP contribution in [0.3, 0.4) is 0 Å². The summed E-state index contributed by atoms with van der Waals surface area (Å²) >= 11 is 0. The molecule has 5 N–H and O–H groups in total.